The Morgan fingerprint density at radius 2 is 1.85 bits per heavy atom. The summed E-state index contributed by atoms with van der Waals surface area (Å²) in [6, 6.07) is 13.5. The quantitative estimate of drug-likeness (QED) is 0.726. The number of carbonyl (C=O) groups is 1. The van der Waals surface area contributed by atoms with E-state index in [0.29, 0.717) is 22.9 Å². The number of hydrogen-bond donors (Lipinski definition) is 2. The first kappa shape index (κ1) is 17.4. The lowest BCUT2D eigenvalue weighted by Gasteiger charge is -2.29. The van der Waals surface area contributed by atoms with Crippen LogP contribution in [0.25, 0.3) is 0 Å². The molecular formula is C18H14ClN5O2. The van der Waals surface area contributed by atoms with E-state index in [-0.39, 0.29) is 23.7 Å². The maximum atomic E-state index is 13.0. The molecule has 1 amide bonds. The van der Waals surface area contributed by atoms with E-state index in [1.807, 2.05) is 6.07 Å². The number of pyridine rings is 2. The average Bonchev–Trinajstić information content (AvgIpc) is 2.67. The molecule has 0 saturated carbocycles. The van der Waals surface area contributed by atoms with Crippen LogP contribution < -0.4 is 10.4 Å². The fourth-order valence-electron chi connectivity index (χ4n) is 2.52. The minimum atomic E-state index is -0.408. The number of nitrogens with zero attached hydrogens (tertiary/aromatic N) is 4. The highest BCUT2D eigenvalue weighted by Crippen LogP contribution is 2.32. The number of carbonyl (C=O) groups excluding carboxylic acids is 1. The van der Waals surface area contributed by atoms with Crippen LogP contribution in [0.15, 0.2) is 72.1 Å². The number of para-hydroxylation sites is 1. The van der Waals surface area contributed by atoms with Gasteiger partial charge in [-0.05, 0) is 30.3 Å². The number of anilines is 1. The van der Waals surface area contributed by atoms with E-state index in [1.165, 1.54) is 11.1 Å². The first-order valence-electron chi connectivity index (χ1n) is 7.57. The van der Waals surface area contributed by atoms with Crippen LogP contribution in [-0.4, -0.2) is 26.8 Å². The Labute approximate surface area is 155 Å². The fraction of sp³-hybridized carbons (Fsp3) is 0. The second-order valence-corrected chi connectivity index (χ2v) is 5.31. The summed E-state index contributed by atoms with van der Waals surface area (Å²) in [5.41, 5.74) is 4.83. The lowest BCUT2D eigenvalue weighted by Crippen LogP contribution is -2.48. The zero-order chi connectivity index (χ0) is 17.2. The standard InChI is InChI=1S/C18H13N5O2.ClH/c24-16-7-2-1-5-12(16)18(25)23-15-8-10-19-11-14(15)21-17(22-23)13-6-3-4-9-20-13;/h1-11,24H,(H,21,22);1H. The zero-order valence-electron chi connectivity index (χ0n) is 13.4. The molecule has 130 valence electrons. The number of phenols is 1. The minimum absolute atomic E-state index is 0. The summed E-state index contributed by atoms with van der Waals surface area (Å²) >= 11 is 0. The first-order valence-corrected chi connectivity index (χ1v) is 7.57. The van der Waals surface area contributed by atoms with Gasteiger partial charge in [0.05, 0.1) is 17.4 Å². The highest BCUT2D eigenvalue weighted by atomic mass is 35.5. The molecule has 2 N–H and O–H groups in total. The number of aromatic nitrogens is 2. The van der Waals surface area contributed by atoms with Crippen LogP contribution in [0.3, 0.4) is 0 Å². The van der Waals surface area contributed by atoms with Gasteiger partial charge in [0.15, 0.2) is 5.84 Å². The van der Waals surface area contributed by atoms with Gasteiger partial charge in [0.2, 0.25) is 0 Å². The smallest absolute Gasteiger partial charge is 0.280 e. The third-order valence-corrected chi connectivity index (χ3v) is 3.71. The summed E-state index contributed by atoms with van der Waals surface area (Å²) < 4.78 is 0. The number of nitrogens with one attached hydrogen (secondary N) is 1. The van der Waals surface area contributed by atoms with Crippen molar-refractivity contribution in [2.75, 3.05) is 5.01 Å². The van der Waals surface area contributed by atoms with Gasteiger partial charge in [0.25, 0.3) is 5.91 Å². The molecule has 1 aromatic carbocycles. The van der Waals surface area contributed by atoms with Gasteiger partial charge in [-0.1, -0.05) is 18.2 Å². The summed E-state index contributed by atoms with van der Waals surface area (Å²) in [5.74, 6) is -0.0782. The van der Waals surface area contributed by atoms with Crippen molar-refractivity contribution >= 4 is 35.5 Å². The Kier molecular flexibility index (Phi) is 4.81. The number of hydrogen-bond acceptors (Lipinski definition) is 6. The molecule has 8 heteroatoms. The molecule has 0 fully saturated rings. The average molecular weight is 368 g/mol. The predicted molar refractivity (Wildman–Crippen MR) is 100.0 cm³/mol. The van der Waals surface area contributed by atoms with Gasteiger partial charge in [-0.3, -0.25) is 20.2 Å². The third-order valence-electron chi connectivity index (χ3n) is 3.71. The molecule has 0 unspecified atom stereocenters. The number of aromatic hydroxyl groups is 1. The van der Waals surface area contributed by atoms with Crippen molar-refractivity contribution in [2.45, 2.75) is 0 Å². The van der Waals surface area contributed by atoms with E-state index in [4.69, 9.17) is 0 Å². The van der Waals surface area contributed by atoms with Crippen molar-refractivity contribution in [1.29, 1.82) is 0 Å². The van der Waals surface area contributed by atoms with E-state index >= 15 is 0 Å². The van der Waals surface area contributed by atoms with Crippen molar-refractivity contribution in [3.05, 3.63) is 78.4 Å². The largest absolute Gasteiger partial charge is 0.507 e. The lowest BCUT2D eigenvalue weighted by atomic mass is 10.1. The molecule has 26 heavy (non-hydrogen) atoms. The van der Waals surface area contributed by atoms with E-state index in [2.05, 4.69) is 20.4 Å². The number of benzene rings is 1. The van der Waals surface area contributed by atoms with E-state index in [1.54, 1.807) is 55.0 Å². The number of rotatable bonds is 2. The van der Waals surface area contributed by atoms with Crippen LogP contribution in [0.2, 0.25) is 0 Å². The number of hydrazine groups is 1. The topological polar surface area (TPSA) is 90.7 Å². The van der Waals surface area contributed by atoms with Gasteiger partial charge in [0, 0.05) is 12.4 Å². The number of aliphatic imine (C=N–C) groups is 1. The molecule has 0 spiro atoms. The Hall–Kier alpha value is -3.45. The van der Waals surface area contributed by atoms with Gasteiger partial charge in [-0.25, -0.2) is 10.0 Å². The lowest BCUT2D eigenvalue weighted by molar-refractivity contribution is 0.0977. The zero-order valence-corrected chi connectivity index (χ0v) is 14.2. The van der Waals surface area contributed by atoms with Crippen LogP contribution in [-0.2, 0) is 0 Å². The molecule has 2 aromatic heterocycles. The van der Waals surface area contributed by atoms with Crippen LogP contribution in [0.1, 0.15) is 16.1 Å². The normalized spacial score (nSPS) is 12.3. The summed E-state index contributed by atoms with van der Waals surface area (Å²) in [7, 11) is 0. The van der Waals surface area contributed by atoms with E-state index < -0.39 is 5.91 Å². The van der Waals surface area contributed by atoms with Crippen LogP contribution in [0.4, 0.5) is 11.4 Å². The van der Waals surface area contributed by atoms with Gasteiger partial charge in [0.1, 0.15) is 17.1 Å². The SMILES string of the molecule is Cl.O=C(c1ccccc1O)N1NC(c2ccccn2)=Nc2cnccc21. The summed E-state index contributed by atoms with van der Waals surface area (Å²) in [4.78, 5) is 25.8. The van der Waals surface area contributed by atoms with E-state index in [9.17, 15) is 9.90 Å². The van der Waals surface area contributed by atoms with Gasteiger partial charge in [-0.15, -0.1) is 12.4 Å². The molecule has 0 bridgehead atoms. The molecule has 1 aliphatic rings. The molecule has 3 aromatic rings. The number of amides is 1. The number of fused-ring (bicyclic) bond motifs is 1. The minimum Gasteiger partial charge on any atom is -0.507 e. The molecule has 3 heterocycles. The van der Waals surface area contributed by atoms with Gasteiger partial charge >= 0.3 is 0 Å². The Bertz CT molecular complexity index is 978. The Morgan fingerprint density at radius 1 is 1.04 bits per heavy atom. The predicted octanol–water partition coefficient (Wildman–Crippen LogP) is 2.85. The molecular weight excluding hydrogens is 354 g/mol. The second-order valence-electron chi connectivity index (χ2n) is 5.31. The summed E-state index contributed by atoms with van der Waals surface area (Å²) in [6.07, 6.45) is 4.80. The first-order chi connectivity index (χ1) is 12.2. The maximum absolute atomic E-state index is 13.0. The molecule has 0 atom stereocenters. The number of phenolic OH excluding ortho intramolecular Hbond substituents is 1. The van der Waals surface area contributed by atoms with Crippen LogP contribution in [0.5, 0.6) is 5.75 Å². The Balaban J connectivity index is 0.00000196. The summed E-state index contributed by atoms with van der Waals surface area (Å²) in [6.45, 7) is 0. The summed E-state index contributed by atoms with van der Waals surface area (Å²) in [5, 5.41) is 11.3. The third kappa shape index (κ3) is 3.07. The molecule has 0 saturated heterocycles. The molecule has 7 nitrogen and oxygen atoms in total. The number of halogens is 1. The molecule has 1 aliphatic heterocycles. The Morgan fingerprint density at radius 3 is 2.62 bits per heavy atom. The fourth-order valence-corrected chi connectivity index (χ4v) is 2.52. The van der Waals surface area contributed by atoms with E-state index in [0.717, 1.165) is 0 Å². The van der Waals surface area contributed by atoms with Crippen molar-refractivity contribution in [3.63, 3.8) is 0 Å². The monoisotopic (exact) mass is 367 g/mol. The molecule has 0 aliphatic carbocycles. The van der Waals surface area contributed by atoms with Gasteiger partial charge < -0.3 is 5.11 Å². The maximum Gasteiger partial charge on any atom is 0.280 e. The van der Waals surface area contributed by atoms with Crippen molar-refractivity contribution in [1.82, 2.24) is 15.4 Å². The highest BCUT2D eigenvalue weighted by molar-refractivity contribution is 6.14. The van der Waals surface area contributed by atoms with Gasteiger partial charge in [-0.2, -0.15) is 0 Å². The van der Waals surface area contributed by atoms with Crippen molar-refractivity contribution in [2.24, 2.45) is 4.99 Å². The van der Waals surface area contributed by atoms with Crippen LogP contribution >= 0.6 is 12.4 Å². The van der Waals surface area contributed by atoms with Crippen LogP contribution in [0, 0.1) is 0 Å². The molecule has 0 radical (unpaired) electrons. The van der Waals surface area contributed by atoms with Crippen molar-refractivity contribution in [3.8, 4) is 5.75 Å². The van der Waals surface area contributed by atoms with Crippen molar-refractivity contribution < 1.29 is 9.90 Å². The highest BCUT2D eigenvalue weighted by Gasteiger charge is 2.27. The number of amidine groups is 1. The molecule has 4 rings (SSSR count). The second kappa shape index (κ2) is 7.20.